The van der Waals surface area contributed by atoms with E-state index in [-0.39, 0.29) is 29.1 Å². The zero-order chi connectivity index (χ0) is 26.6. The lowest BCUT2D eigenvalue weighted by Gasteiger charge is -2.47. The number of benzene rings is 1. The van der Waals surface area contributed by atoms with Gasteiger partial charge in [-0.15, -0.1) is 0 Å². The Hall–Kier alpha value is -1.96. The molecule has 3 fully saturated rings. The van der Waals surface area contributed by atoms with Gasteiger partial charge >= 0.3 is 0 Å². The van der Waals surface area contributed by atoms with Gasteiger partial charge in [-0.25, -0.2) is 0 Å². The number of nitrogens with zero attached hydrogens (tertiary/aromatic N) is 3. The highest BCUT2D eigenvalue weighted by atomic mass is 35.5. The predicted octanol–water partition coefficient (Wildman–Crippen LogP) is 3.39. The summed E-state index contributed by atoms with van der Waals surface area (Å²) in [6.45, 7) is 5.23. The van der Waals surface area contributed by atoms with Crippen LogP contribution in [0.5, 0.6) is 0 Å². The van der Waals surface area contributed by atoms with Crippen LogP contribution >= 0.6 is 11.6 Å². The van der Waals surface area contributed by atoms with Crippen LogP contribution in [-0.2, 0) is 20.8 Å². The minimum Gasteiger partial charge on any atom is -0.343 e. The molecule has 204 valence electrons. The number of amides is 2. The van der Waals surface area contributed by atoms with Crippen molar-refractivity contribution >= 4 is 29.2 Å². The van der Waals surface area contributed by atoms with E-state index in [1.807, 2.05) is 43.3 Å². The molecule has 1 saturated carbocycles. The molecule has 37 heavy (non-hydrogen) atoms. The van der Waals surface area contributed by atoms with E-state index in [0.717, 1.165) is 44.3 Å². The zero-order valence-electron chi connectivity index (χ0n) is 22.7. The first kappa shape index (κ1) is 28.1. The summed E-state index contributed by atoms with van der Waals surface area (Å²) in [5, 5.41) is 3.75. The lowest BCUT2D eigenvalue weighted by atomic mass is 9.62. The van der Waals surface area contributed by atoms with Gasteiger partial charge in [0.05, 0.1) is 0 Å². The second-order valence-electron chi connectivity index (χ2n) is 11.5. The van der Waals surface area contributed by atoms with Crippen LogP contribution in [0.1, 0.15) is 57.4 Å². The van der Waals surface area contributed by atoms with E-state index in [1.165, 1.54) is 19.3 Å². The third-order valence-electron chi connectivity index (χ3n) is 9.18. The first-order chi connectivity index (χ1) is 17.7. The standard InChI is InChI=1S/C29H43ClN4O3/c1-21(35)29(23-7-5-4-6-8-23)13-15-34(16-14-29)28(37)25(19-22-9-11-24(30)12-10-22)31-27(36)26-20-32(2)17-18-33(26)3/h9-12,23,25-26H,4-8,13-20H2,1-3H3,(H,31,36). The molecule has 0 radical (unpaired) electrons. The molecule has 2 atom stereocenters. The van der Waals surface area contributed by atoms with Crippen LogP contribution in [0.2, 0.25) is 5.02 Å². The Bertz CT molecular complexity index is 954. The molecule has 1 aromatic rings. The molecule has 1 N–H and O–H groups in total. The summed E-state index contributed by atoms with van der Waals surface area (Å²) in [6, 6.07) is 6.50. The van der Waals surface area contributed by atoms with Gasteiger partial charge in [0, 0.05) is 49.6 Å². The van der Waals surface area contributed by atoms with Crippen molar-refractivity contribution in [1.82, 2.24) is 20.0 Å². The Balaban J connectivity index is 1.48. The summed E-state index contributed by atoms with van der Waals surface area (Å²) in [5.74, 6) is 0.538. The van der Waals surface area contributed by atoms with Crippen molar-refractivity contribution in [3.05, 3.63) is 34.9 Å². The lowest BCUT2D eigenvalue weighted by molar-refractivity contribution is -0.144. The number of likely N-dealkylation sites (tertiary alicyclic amines) is 1. The second kappa shape index (κ2) is 12.3. The third kappa shape index (κ3) is 6.55. The Kier molecular flexibility index (Phi) is 9.30. The van der Waals surface area contributed by atoms with Crippen molar-refractivity contribution < 1.29 is 14.4 Å². The van der Waals surface area contributed by atoms with Crippen molar-refractivity contribution in [3.8, 4) is 0 Å². The molecule has 0 aromatic heterocycles. The fourth-order valence-electron chi connectivity index (χ4n) is 6.67. The minimum absolute atomic E-state index is 0.0593. The molecule has 0 spiro atoms. The van der Waals surface area contributed by atoms with Gasteiger partial charge < -0.3 is 15.1 Å². The van der Waals surface area contributed by atoms with Crippen LogP contribution in [0.15, 0.2) is 24.3 Å². The Morgan fingerprint density at radius 1 is 1.00 bits per heavy atom. The molecule has 7 nitrogen and oxygen atoms in total. The zero-order valence-corrected chi connectivity index (χ0v) is 23.4. The molecular formula is C29H43ClN4O3. The number of carbonyl (C=O) groups excluding carboxylic acids is 3. The minimum atomic E-state index is -0.659. The van der Waals surface area contributed by atoms with Crippen LogP contribution in [0.4, 0.5) is 0 Å². The molecule has 2 heterocycles. The molecule has 8 heteroatoms. The van der Waals surface area contributed by atoms with E-state index in [1.54, 1.807) is 6.92 Å². The number of Topliss-reactive ketones (excluding diaryl/α,β-unsaturated/α-hetero) is 1. The van der Waals surface area contributed by atoms with E-state index in [2.05, 4.69) is 15.1 Å². The number of likely N-dealkylation sites (N-methyl/N-ethyl adjacent to an activating group) is 2. The van der Waals surface area contributed by atoms with E-state index in [4.69, 9.17) is 11.6 Å². The van der Waals surface area contributed by atoms with Crippen molar-refractivity contribution in [3.63, 3.8) is 0 Å². The molecule has 1 aromatic carbocycles. The maximum Gasteiger partial charge on any atom is 0.245 e. The van der Waals surface area contributed by atoms with Gasteiger partial charge in [0.1, 0.15) is 17.9 Å². The first-order valence-corrected chi connectivity index (χ1v) is 14.3. The molecule has 4 rings (SSSR count). The normalized spacial score (nSPS) is 24.4. The van der Waals surface area contributed by atoms with Gasteiger partial charge in [0.15, 0.2) is 0 Å². The highest BCUT2D eigenvalue weighted by Gasteiger charge is 2.46. The number of rotatable bonds is 7. The summed E-state index contributed by atoms with van der Waals surface area (Å²) < 4.78 is 0. The van der Waals surface area contributed by atoms with E-state index < -0.39 is 6.04 Å². The molecule has 3 aliphatic rings. The van der Waals surface area contributed by atoms with Crippen molar-refractivity contribution in [1.29, 1.82) is 0 Å². The first-order valence-electron chi connectivity index (χ1n) is 13.9. The smallest absolute Gasteiger partial charge is 0.245 e. The highest BCUT2D eigenvalue weighted by molar-refractivity contribution is 6.30. The average molecular weight is 531 g/mol. The van der Waals surface area contributed by atoms with Crippen molar-refractivity contribution in [2.24, 2.45) is 11.3 Å². The van der Waals surface area contributed by atoms with Crippen molar-refractivity contribution in [2.75, 3.05) is 46.8 Å². The fraction of sp³-hybridized carbons (Fsp3) is 0.690. The van der Waals surface area contributed by atoms with E-state index in [0.29, 0.717) is 37.0 Å². The number of hydrogen-bond donors (Lipinski definition) is 1. The third-order valence-corrected chi connectivity index (χ3v) is 9.43. The van der Waals surface area contributed by atoms with Crippen LogP contribution < -0.4 is 5.32 Å². The maximum atomic E-state index is 13.9. The number of piperidine rings is 1. The maximum absolute atomic E-state index is 13.9. The van der Waals surface area contributed by atoms with E-state index in [9.17, 15) is 14.4 Å². The van der Waals surface area contributed by atoms with Crippen LogP contribution in [-0.4, -0.2) is 91.2 Å². The summed E-state index contributed by atoms with van der Waals surface area (Å²) >= 11 is 6.08. The summed E-state index contributed by atoms with van der Waals surface area (Å²) in [5.41, 5.74) is 0.649. The summed E-state index contributed by atoms with van der Waals surface area (Å²) in [6.07, 6.45) is 7.73. The largest absolute Gasteiger partial charge is 0.343 e. The molecule has 2 aliphatic heterocycles. The topological polar surface area (TPSA) is 73.0 Å². The number of ketones is 1. The Labute approximate surface area is 226 Å². The Morgan fingerprint density at radius 2 is 1.65 bits per heavy atom. The van der Waals surface area contributed by atoms with E-state index >= 15 is 0 Å². The SMILES string of the molecule is CC(=O)C1(C2CCCCC2)CCN(C(=O)C(Cc2ccc(Cl)cc2)NC(=O)C2CN(C)CCN2C)CC1. The summed E-state index contributed by atoms with van der Waals surface area (Å²) in [4.78, 5) is 46.2. The lowest BCUT2D eigenvalue weighted by Crippen LogP contribution is -2.60. The molecule has 2 amide bonds. The van der Waals surface area contributed by atoms with Gasteiger partial charge in [-0.2, -0.15) is 0 Å². The van der Waals surface area contributed by atoms with Gasteiger partial charge in [-0.05, 0) is 70.3 Å². The van der Waals surface area contributed by atoms with Gasteiger partial charge in [-0.3, -0.25) is 19.3 Å². The number of piperazine rings is 1. The van der Waals surface area contributed by atoms with Crippen molar-refractivity contribution in [2.45, 2.75) is 70.4 Å². The van der Waals surface area contributed by atoms with Gasteiger partial charge in [0.25, 0.3) is 0 Å². The number of hydrogen-bond acceptors (Lipinski definition) is 5. The molecular weight excluding hydrogens is 488 g/mol. The fourth-order valence-corrected chi connectivity index (χ4v) is 6.79. The van der Waals surface area contributed by atoms with Crippen LogP contribution in [0.25, 0.3) is 0 Å². The quantitative estimate of drug-likeness (QED) is 0.585. The molecule has 2 saturated heterocycles. The summed E-state index contributed by atoms with van der Waals surface area (Å²) in [7, 11) is 3.98. The number of halogens is 1. The molecule has 1 aliphatic carbocycles. The monoisotopic (exact) mass is 530 g/mol. The Morgan fingerprint density at radius 3 is 2.27 bits per heavy atom. The number of carbonyl (C=O) groups is 3. The average Bonchev–Trinajstić information content (AvgIpc) is 2.91. The second-order valence-corrected chi connectivity index (χ2v) is 12.0. The van der Waals surface area contributed by atoms with Gasteiger partial charge in [0.2, 0.25) is 11.8 Å². The van der Waals surface area contributed by atoms with Crippen LogP contribution in [0, 0.1) is 11.3 Å². The molecule has 2 unspecified atom stereocenters. The predicted molar refractivity (Wildman–Crippen MR) is 147 cm³/mol. The van der Waals surface area contributed by atoms with Crippen LogP contribution in [0.3, 0.4) is 0 Å². The van der Waals surface area contributed by atoms with Gasteiger partial charge in [-0.1, -0.05) is 43.0 Å². The number of nitrogens with one attached hydrogen (secondary N) is 1. The molecule has 0 bridgehead atoms. The highest BCUT2D eigenvalue weighted by Crippen LogP contribution is 2.46.